The molecule has 0 aliphatic heterocycles. The molecule has 0 aliphatic rings. The molecule has 0 saturated heterocycles. The number of fused-ring (bicyclic) bond motifs is 1. The Hall–Kier alpha value is -3.47. The lowest BCUT2D eigenvalue weighted by molar-refractivity contribution is -0.146. The van der Waals surface area contributed by atoms with Gasteiger partial charge in [0.1, 0.15) is 11.7 Å². The number of esters is 1. The number of carbonyl (C=O) groups is 3. The Morgan fingerprint density at radius 2 is 1.53 bits per heavy atom. The van der Waals surface area contributed by atoms with Gasteiger partial charge in [-0.05, 0) is 54.4 Å². The number of Topliss-reactive ketones (excluding diaryl/α,β-unsaturated/α-hetero) is 2. The Bertz CT molecular complexity index is 1050. The van der Waals surface area contributed by atoms with Gasteiger partial charge < -0.3 is 9.47 Å². The van der Waals surface area contributed by atoms with Gasteiger partial charge in [-0.3, -0.25) is 14.4 Å². The summed E-state index contributed by atoms with van der Waals surface area (Å²) in [5.41, 5.74) is 0.945. The molecule has 0 radical (unpaired) electrons. The predicted octanol–water partition coefficient (Wildman–Crippen LogP) is 4.87. The van der Waals surface area contributed by atoms with Crippen LogP contribution in [0.1, 0.15) is 40.5 Å². The summed E-state index contributed by atoms with van der Waals surface area (Å²) in [5, 5.41) is 2.02. The van der Waals surface area contributed by atoms with Gasteiger partial charge in [0.25, 0.3) is 0 Å². The third kappa shape index (κ3) is 4.92. The van der Waals surface area contributed by atoms with E-state index in [1.54, 1.807) is 37.3 Å². The molecule has 30 heavy (non-hydrogen) atoms. The first-order valence-electron chi connectivity index (χ1n) is 9.90. The smallest absolute Gasteiger partial charge is 0.316 e. The van der Waals surface area contributed by atoms with Crippen LogP contribution in [0, 0.1) is 5.92 Å². The molecule has 0 heterocycles. The fourth-order valence-electron chi connectivity index (χ4n) is 3.34. The standard InChI is InChI=1S/C25H24O5/c1-3-30-25(28)22(24(27)18-10-12-21(29-2)13-11-18)14-15-23(26)20-9-8-17-6-4-5-7-19(17)16-20/h4-13,16,22H,3,14-15H2,1-2H3. The highest BCUT2D eigenvalue weighted by Crippen LogP contribution is 2.22. The number of benzene rings is 3. The van der Waals surface area contributed by atoms with Crippen molar-refractivity contribution in [3.8, 4) is 5.75 Å². The van der Waals surface area contributed by atoms with Crippen molar-refractivity contribution < 1.29 is 23.9 Å². The molecule has 0 aliphatic carbocycles. The molecule has 0 amide bonds. The van der Waals surface area contributed by atoms with Crippen LogP contribution in [0.4, 0.5) is 0 Å². The number of rotatable bonds is 9. The van der Waals surface area contributed by atoms with E-state index >= 15 is 0 Å². The van der Waals surface area contributed by atoms with Gasteiger partial charge in [-0.1, -0.05) is 36.4 Å². The average molecular weight is 404 g/mol. The zero-order chi connectivity index (χ0) is 21.5. The molecule has 3 aromatic carbocycles. The molecule has 0 bridgehead atoms. The van der Waals surface area contributed by atoms with E-state index in [4.69, 9.17) is 9.47 Å². The predicted molar refractivity (Wildman–Crippen MR) is 115 cm³/mol. The van der Waals surface area contributed by atoms with Gasteiger partial charge in [0.15, 0.2) is 11.6 Å². The monoisotopic (exact) mass is 404 g/mol. The summed E-state index contributed by atoms with van der Waals surface area (Å²) in [6, 6.07) is 19.8. The van der Waals surface area contributed by atoms with Crippen LogP contribution >= 0.6 is 0 Å². The van der Waals surface area contributed by atoms with Crippen LogP contribution in [0.25, 0.3) is 10.8 Å². The van der Waals surface area contributed by atoms with Crippen LogP contribution in [0.5, 0.6) is 5.75 Å². The molecule has 0 fully saturated rings. The summed E-state index contributed by atoms with van der Waals surface area (Å²) in [4.78, 5) is 38.1. The van der Waals surface area contributed by atoms with Gasteiger partial charge in [0.2, 0.25) is 0 Å². The Labute approximate surface area is 175 Å². The van der Waals surface area contributed by atoms with Gasteiger partial charge >= 0.3 is 5.97 Å². The van der Waals surface area contributed by atoms with Gasteiger partial charge in [-0.2, -0.15) is 0 Å². The number of methoxy groups -OCH3 is 1. The summed E-state index contributed by atoms with van der Waals surface area (Å²) in [5.74, 6) is -1.49. The minimum atomic E-state index is -1.03. The van der Waals surface area contributed by atoms with E-state index in [2.05, 4.69) is 0 Å². The van der Waals surface area contributed by atoms with Crippen molar-refractivity contribution >= 4 is 28.3 Å². The van der Waals surface area contributed by atoms with Crippen molar-refractivity contribution in [1.29, 1.82) is 0 Å². The molecule has 1 atom stereocenters. The SMILES string of the molecule is CCOC(=O)C(CCC(=O)c1ccc2ccccc2c1)C(=O)c1ccc(OC)cc1. The highest BCUT2D eigenvalue weighted by Gasteiger charge is 2.29. The first kappa shape index (κ1) is 21.2. The van der Waals surface area contributed by atoms with Crippen molar-refractivity contribution in [2.75, 3.05) is 13.7 Å². The zero-order valence-corrected chi connectivity index (χ0v) is 17.1. The minimum absolute atomic E-state index is 0.0731. The zero-order valence-electron chi connectivity index (χ0n) is 17.1. The minimum Gasteiger partial charge on any atom is -0.497 e. The van der Waals surface area contributed by atoms with Crippen molar-refractivity contribution in [2.24, 2.45) is 5.92 Å². The third-order valence-electron chi connectivity index (χ3n) is 4.99. The van der Waals surface area contributed by atoms with Crippen LogP contribution < -0.4 is 4.74 Å². The molecular formula is C25H24O5. The highest BCUT2D eigenvalue weighted by molar-refractivity contribution is 6.09. The van der Waals surface area contributed by atoms with Crippen LogP contribution in [0.2, 0.25) is 0 Å². The molecule has 0 N–H and O–H groups in total. The van der Waals surface area contributed by atoms with Gasteiger partial charge in [-0.25, -0.2) is 0 Å². The maximum atomic E-state index is 12.9. The number of carbonyl (C=O) groups excluding carboxylic acids is 3. The fourth-order valence-corrected chi connectivity index (χ4v) is 3.34. The van der Waals surface area contributed by atoms with Crippen molar-refractivity contribution in [3.63, 3.8) is 0 Å². The van der Waals surface area contributed by atoms with Crippen LogP contribution in [-0.4, -0.2) is 31.3 Å². The Kier molecular flexibility index (Phi) is 6.96. The van der Waals surface area contributed by atoms with Gasteiger partial charge in [-0.15, -0.1) is 0 Å². The van der Waals surface area contributed by atoms with Crippen LogP contribution in [0.15, 0.2) is 66.7 Å². The largest absolute Gasteiger partial charge is 0.497 e. The van der Waals surface area contributed by atoms with Crippen molar-refractivity contribution in [3.05, 3.63) is 77.9 Å². The quantitative estimate of drug-likeness (QED) is 0.289. The van der Waals surface area contributed by atoms with Gasteiger partial charge in [0, 0.05) is 17.5 Å². The van der Waals surface area contributed by atoms with Crippen molar-refractivity contribution in [1.82, 2.24) is 0 Å². The highest BCUT2D eigenvalue weighted by atomic mass is 16.5. The molecule has 5 heteroatoms. The number of hydrogen-bond acceptors (Lipinski definition) is 5. The van der Waals surface area contributed by atoms with E-state index in [0.29, 0.717) is 16.9 Å². The number of ketones is 2. The van der Waals surface area contributed by atoms with Crippen LogP contribution in [-0.2, 0) is 9.53 Å². The number of hydrogen-bond donors (Lipinski definition) is 0. The molecule has 0 spiro atoms. The first-order valence-corrected chi connectivity index (χ1v) is 9.90. The first-order chi connectivity index (χ1) is 14.5. The normalized spacial score (nSPS) is 11.7. The van der Waals surface area contributed by atoms with E-state index in [-0.39, 0.29) is 31.0 Å². The molecule has 3 aromatic rings. The van der Waals surface area contributed by atoms with E-state index in [0.717, 1.165) is 10.8 Å². The lowest BCUT2D eigenvalue weighted by Gasteiger charge is -2.15. The van der Waals surface area contributed by atoms with E-state index in [9.17, 15) is 14.4 Å². The third-order valence-corrected chi connectivity index (χ3v) is 4.99. The second kappa shape index (κ2) is 9.83. The van der Waals surface area contributed by atoms with E-state index < -0.39 is 11.9 Å². The second-order valence-corrected chi connectivity index (χ2v) is 6.92. The van der Waals surface area contributed by atoms with E-state index in [1.807, 2.05) is 36.4 Å². The fraction of sp³-hybridized carbons (Fsp3) is 0.240. The molecular weight excluding hydrogens is 380 g/mol. The Morgan fingerprint density at radius 1 is 0.867 bits per heavy atom. The summed E-state index contributed by atoms with van der Waals surface area (Å²) >= 11 is 0. The van der Waals surface area contributed by atoms with E-state index in [1.165, 1.54) is 7.11 Å². The molecule has 154 valence electrons. The maximum Gasteiger partial charge on any atom is 0.316 e. The van der Waals surface area contributed by atoms with Crippen molar-refractivity contribution in [2.45, 2.75) is 19.8 Å². The van der Waals surface area contributed by atoms with Crippen LogP contribution in [0.3, 0.4) is 0 Å². The lowest BCUT2D eigenvalue weighted by atomic mass is 9.91. The molecule has 5 nitrogen and oxygen atoms in total. The molecule has 1 unspecified atom stereocenters. The summed E-state index contributed by atoms with van der Waals surface area (Å²) in [6.45, 7) is 1.86. The Morgan fingerprint density at radius 3 is 2.20 bits per heavy atom. The molecule has 3 rings (SSSR count). The maximum absolute atomic E-state index is 12.9. The lowest BCUT2D eigenvalue weighted by Crippen LogP contribution is -2.27. The Balaban J connectivity index is 1.75. The second-order valence-electron chi connectivity index (χ2n) is 6.92. The summed E-state index contributed by atoms with van der Waals surface area (Å²) in [7, 11) is 1.54. The average Bonchev–Trinajstić information content (AvgIpc) is 2.78. The van der Waals surface area contributed by atoms with Gasteiger partial charge in [0.05, 0.1) is 13.7 Å². The molecule has 0 saturated carbocycles. The summed E-state index contributed by atoms with van der Waals surface area (Å²) in [6.07, 6.45) is 0.166. The number of ether oxygens (including phenoxy) is 2. The summed E-state index contributed by atoms with van der Waals surface area (Å²) < 4.78 is 10.2. The molecule has 0 aromatic heterocycles. The topological polar surface area (TPSA) is 69.7 Å².